The molecule has 0 aromatic heterocycles. The molecule has 0 atom stereocenters. The third-order valence-corrected chi connectivity index (χ3v) is 4.05. The van der Waals surface area contributed by atoms with Gasteiger partial charge in [-0.05, 0) is 42.7 Å². The van der Waals surface area contributed by atoms with E-state index in [2.05, 4.69) is 21.2 Å². The highest BCUT2D eigenvalue weighted by molar-refractivity contribution is 9.10. The first-order chi connectivity index (χ1) is 9.10. The maximum atomic E-state index is 12.2. The summed E-state index contributed by atoms with van der Waals surface area (Å²) in [5, 5.41) is 3.28. The molecule has 19 heavy (non-hydrogen) atoms. The normalized spacial score (nSPS) is 10.3. The van der Waals surface area contributed by atoms with E-state index in [1.165, 1.54) is 0 Å². The van der Waals surface area contributed by atoms with Crippen molar-refractivity contribution in [3.05, 3.63) is 57.5 Å². The molecule has 2 nitrogen and oxygen atoms in total. The van der Waals surface area contributed by atoms with Crippen molar-refractivity contribution in [2.24, 2.45) is 0 Å². The highest BCUT2D eigenvalue weighted by Gasteiger charge is 2.11. The standard InChI is InChI=1S/C14H11BrClNOS/c1-19-11-4-2-3-10(8-11)17-14(18)12-7-9(15)5-6-13(12)16/h2-8H,1H3,(H,17,18). The van der Waals surface area contributed by atoms with E-state index in [1.54, 1.807) is 30.0 Å². The lowest BCUT2D eigenvalue weighted by atomic mass is 10.2. The Balaban J connectivity index is 2.23. The summed E-state index contributed by atoms with van der Waals surface area (Å²) >= 11 is 11.0. The molecule has 98 valence electrons. The average Bonchev–Trinajstić information content (AvgIpc) is 2.41. The van der Waals surface area contributed by atoms with Crippen LogP contribution in [0.2, 0.25) is 5.02 Å². The van der Waals surface area contributed by atoms with Gasteiger partial charge in [-0.1, -0.05) is 33.6 Å². The molecule has 5 heteroatoms. The van der Waals surface area contributed by atoms with E-state index in [4.69, 9.17) is 11.6 Å². The Kier molecular flexibility index (Phi) is 4.91. The van der Waals surface area contributed by atoms with Crippen molar-refractivity contribution in [1.82, 2.24) is 0 Å². The molecule has 0 aliphatic carbocycles. The Morgan fingerprint density at radius 2 is 2.05 bits per heavy atom. The molecule has 0 aliphatic heterocycles. The van der Waals surface area contributed by atoms with Crippen molar-refractivity contribution in [2.45, 2.75) is 4.90 Å². The maximum Gasteiger partial charge on any atom is 0.257 e. The molecule has 1 N–H and O–H groups in total. The summed E-state index contributed by atoms with van der Waals surface area (Å²) in [6.07, 6.45) is 1.99. The van der Waals surface area contributed by atoms with Crippen LogP contribution >= 0.6 is 39.3 Å². The highest BCUT2D eigenvalue weighted by Crippen LogP contribution is 2.23. The molecule has 0 saturated heterocycles. The van der Waals surface area contributed by atoms with E-state index >= 15 is 0 Å². The number of hydrogen-bond acceptors (Lipinski definition) is 2. The van der Waals surface area contributed by atoms with E-state index < -0.39 is 0 Å². The van der Waals surface area contributed by atoms with Crippen LogP contribution in [0.3, 0.4) is 0 Å². The number of amides is 1. The van der Waals surface area contributed by atoms with Gasteiger partial charge in [0.05, 0.1) is 10.6 Å². The topological polar surface area (TPSA) is 29.1 Å². The molecule has 0 aliphatic rings. The molecule has 0 heterocycles. The fourth-order valence-corrected chi connectivity index (χ4v) is 2.59. The molecule has 1 amide bonds. The Labute approximate surface area is 129 Å². The summed E-state index contributed by atoms with van der Waals surface area (Å²) < 4.78 is 0.819. The quantitative estimate of drug-likeness (QED) is 0.777. The predicted molar refractivity (Wildman–Crippen MR) is 85.3 cm³/mol. The zero-order valence-corrected chi connectivity index (χ0v) is 13.3. The van der Waals surface area contributed by atoms with Gasteiger partial charge in [0.2, 0.25) is 0 Å². The largest absolute Gasteiger partial charge is 0.322 e. The molecule has 0 radical (unpaired) electrons. The molecule has 0 fully saturated rings. The third kappa shape index (κ3) is 3.75. The maximum absolute atomic E-state index is 12.2. The molecule has 0 unspecified atom stereocenters. The van der Waals surface area contributed by atoms with Crippen LogP contribution < -0.4 is 5.32 Å². The fourth-order valence-electron chi connectivity index (χ4n) is 1.57. The summed E-state index contributed by atoms with van der Waals surface area (Å²) in [4.78, 5) is 13.3. The van der Waals surface area contributed by atoms with Gasteiger partial charge in [0.25, 0.3) is 5.91 Å². The number of rotatable bonds is 3. The van der Waals surface area contributed by atoms with Gasteiger partial charge in [0.1, 0.15) is 0 Å². The number of thioether (sulfide) groups is 1. The Morgan fingerprint density at radius 3 is 2.79 bits per heavy atom. The number of anilines is 1. The number of hydrogen-bond donors (Lipinski definition) is 1. The summed E-state index contributed by atoms with van der Waals surface area (Å²) in [6.45, 7) is 0. The van der Waals surface area contributed by atoms with Crippen LogP contribution in [0.1, 0.15) is 10.4 Å². The monoisotopic (exact) mass is 355 g/mol. The third-order valence-electron chi connectivity index (χ3n) is 2.50. The minimum absolute atomic E-state index is 0.218. The second kappa shape index (κ2) is 6.46. The first-order valence-electron chi connectivity index (χ1n) is 5.50. The van der Waals surface area contributed by atoms with Gasteiger partial charge in [-0.2, -0.15) is 0 Å². The number of halogens is 2. The number of carbonyl (C=O) groups excluding carboxylic acids is 1. The smallest absolute Gasteiger partial charge is 0.257 e. The van der Waals surface area contributed by atoms with Crippen LogP contribution in [0.5, 0.6) is 0 Å². The minimum atomic E-state index is -0.218. The average molecular weight is 357 g/mol. The first kappa shape index (κ1) is 14.4. The molecule has 0 saturated carbocycles. The van der Waals surface area contributed by atoms with E-state index in [0.717, 1.165) is 15.1 Å². The molecule has 0 spiro atoms. The van der Waals surface area contributed by atoms with Crippen molar-refractivity contribution in [2.75, 3.05) is 11.6 Å². The van der Waals surface area contributed by atoms with Gasteiger partial charge >= 0.3 is 0 Å². The van der Waals surface area contributed by atoms with Gasteiger partial charge in [-0.25, -0.2) is 0 Å². The van der Waals surface area contributed by atoms with Gasteiger partial charge in [0.15, 0.2) is 0 Å². The molecule has 2 rings (SSSR count). The molecule has 2 aromatic rings. The lowest BCUT2D eigenvalue weighted by Gasteiger charge is -2.08. The predicted octanol–water partition coefficient (Wildman–Crippen LogP) is 5.08. The zero-order chi connectivity index (χ0) is 13.8. The van der Waals surface area contributed by atoms with Gasteiger partial charge in [-0.15, -0.1) is 11.8 Å². The SMILES string of the molecule is CSc1cccc(NC(=O)c2cc(Br)ccc2Cl)c1. The van der Waals surface area contributed by atoms with Gasteiger partial charge < -0.3 is 5.32 Å². The van der Waals surface area contributed by atoms with E-state index in [0.29, 0.717) is 10.6 Å². The second-order valence-electron chi connectivity index (χ2n) is 3.81. The lowest BCUT2D eigenvalue weighted by Crippen LogP contribution is -2.12. The summed E-state index contributed by atoms with van der Waals surface area (Å²) in [5.41, 5.74) is 1.21. The lowest BCUT2D eigenvalue weighted by molar-refractivity contribution is 0.102. The Hall–Kier alpha value is -0.970. The van der Waals surface area contributed by atoms with Crippen LogP contribution in [0.4, 0.5) is 5.69 Å². The Bertz CT molecular complexity index is 618. The minimum Gasteiger partial charge on any atom is -0.322 e. The van der Waals surface area contributed by atoms with Crippen molar-refractivity contribution in [1.29, 1.82) is 0 Å². The van der Waals surface area contributed by atoms with Gasteiger partial charge in [-0.3, -0.25) is 4.79 Å². The summed E-state index contributed by atoms with van der Waals surface area (Å²) in [7, 11) is 0. The molecule has 2 aromatic carbocycles. The van der Waals surface area contributed by atoms with Crippen molar-refractivity contribution in [3.8, 4) is 0 Å². The van der Waals surface area contributed by atoms with Gasteiger partial charge in [0, 0.05) is 15.1 Å². The second-order valence-corrected chi connectivity index (χ2v) is 6.01. The van der Waals surface area contributed by atoms with Crippen LogP contribution in [0.15, 0.2) is 51.8 Å². The van der Waals surface area contributed by atoms with Crippen LogP contribution in [-0.2, 0) is 0 Å². The first-order valence-corrected chi connectivity index (χ1v) is 7.90. The summed E-state index contributed by atoms with van der Waals surface area (Å²) in [6, 6.07) is 12.9. The number of nitrogens with one attached hydrogen (secondary N) is 1. The fraction of sp³-hybridized carbons (Fsp3) is 0.0714. The zero-order valence-electron chi connectivity index (χ0n) is 10.1. The van der Waals surface area contributed by atoms with Crippen molar-refractivity contribution >= 4 is 50.9 Å². The van der Waals surface area contributed by atoms with Crippen LogP contribution in [-0.4, -0.2) is 12.2 Å². The molecular formula is C14H11BrClNOS. The van der Waals surface area contributed by atoms with Crippen molar-refractivity contribution < 1.29 is 4.79 Å². The molecule has 0 bridgehead atoms. The highest BCUT2D eigenvalue weighted by atomic mass is 79.9. The summed E-state index contributed by atoms with van der Waals surface area (Å²) in [5.74, 6) is -0.218. The van der Waals surface area contributed by atoms with E-state index in [9.17, 15) is 4.79 Å². The van der Waals surface area contributed by atoms with E-state index in [1.807, 2.05) is 30.5 Å². The number of benzene rings is 2. The van der Waals surface area contributed by atoms with Crippen LogP contribution in [0.25, 0.3) is 0 Å². The van der Waals surface area contributed by atoms with Crippen molar-refractivity contribution in [3.63, 3.8) is 0 Å². The molecular weight excluding hydrogens is 346 g/mol. The number of carbonyl (C=O) groups is 1. The van der Waals surface area contributed by atoms with E-state index in [-0.39, 0.29) is 5.91 Å². The van der Waals surface area contributed by atoms with Crippen LogP contribution in [0, 0.1) is 0 Å². The Morgan fingerprint density at radius 1 is 1.26 bits per heavy atom.